The first kappa shape index (κ1) is 19.1. The van der Waals surface area contributed by atoms with Crippen molar-refractivity contribution in [1.29, 1.82) is 0 Å². The van der Waals surface area contributed by atoms with Crippen molar-refractivity contribution in [2.45, 2.75) is 31.7 Å². The highest BCUT2D eigenvalue weighted by Crippen LogP contribution is 2.29. The highest BCUT2D eigenvalue weighted by Gasteiger charge is 2.26. The van der Waals surface area contributed by atoms with Crippen molar-refractivity contribution in [3.05, 3.63) is 59.6 Å². The molecule has 3 aromatic rings. The topological polar surface area (TPSA) is 94.3 Å². The third-order valence-electron chi connectivity index (χ3n) is 4.25. The largest absolute Gasteiger partial charge is 0.481 e. The zero-order chi connectivity index (χ0) is 19.6. The van der Waals surface area contributed by atoms with E-state index in [-0.39, 0.29) is 10.7 Å². The number of rotatable bonds is 6. The molecule has 0 unspecified atom stereocenters. The highest BCUT2D eigenvalue weighted by molar-refractivity contribution is 7.89. The summed E-state index contributed by atoms with van der Waals surface area (Å²) < 4.78 is 38.2. The van der Waals surface area contributed by atoms with Crippen LogP contribution in [0, 0.1) is 13.8 Å². The quantitative estimate of drug-likeness (QED) is 0.697. The number of nitrogens with one attached hydrogen (secondary N) is 1. The Hall–Kier alpha value is -2.71. The fraction of sp³-hybridized carbons (Fsp3) is 0.263. The van der Waals surface area contributed by atoms with E-state index in [2.05, 4.69) is 14.9 Å². The summed E-state index contributed by atoms with van der Waals surface area (Å²) in [5.41, 5.74) is 2.98. The molecule has 2 heterocycles. The standard InChI is InChI=1S/C19H21N3O4S/c1-12(22-27(23,24)18-13(2)21-26-14(18)3)15-7-9-16(10-8-15)17-6-5-11-20-19(17)25-4/h5-12,22H,1-4H3/t12-/m1/s1. The van der Waals surface area contributed by atoms with Crippen molar-refractivity contribution >= 4 is 10.0 Å². The van der Waals surface area contributed by atoms with Gasteiger partial charge in [0.05, 0.1) is 7.11 Å². The van der Waals surface area contributed by atoms with Crippen LogP contribution in [0.5, 0.6) is 5.88 Å². The number of hydrogen-bond acceptors (Lipinski definition) is 6. The molecule has 3 rings (SSSR count). The molecule has 0 saturated carbocycles. The molecular formula is C19H21N3O4S. The van der Waals surface area contributed by atoms with Gasteiger partial charge in [0.15, 0.2) is 5.76 Å². The van der Waals surface area contributed by atoms with Crippen LogP contribution in [0.4, 0.5) is 0 Å². The predicted octanol–water partition coefficient (Wildman–Crippen LogP) is 3.40. The van der Waals surface area contributed by atoms with Crippen molar-refractivity contribution in [1.82, 2.24) is 14.9 Å². The molecule has 8 heteroatoms. The Kier molecular flexibility index (Phi) is 5.29. The minimum atomic E-state index is -3.73. The fourth-order valence-electron chi connectivity index (χ4n) is 2.94. The maximum Gasteiger partial charge on any atom is 0.246 e. The molecular weight excluding hydrogens is 366 g/mol. The number of aromatic nitrogens is 2. The van der Waals surface area contributed by atoms with Crippen LogP contribution in [-0.2, 0) is 10.0 Å². The molecule has 0 fully saturated rings. The van der Waals surface area contributed by atoms with Gasteiger partial charge >= 0.3 is 0 Å². The van der Waals surface area contributed by atoms with Gasteiger partial charge < -0.3 is 9.26 Å². The summed E-state index contributed by atoms with van der Waals surface area (Å²) in [7, 11) is -2.16. The maximum absolute atomic E-state index is 12.7. The second-order valence-corrected chi connectivity index (χ2v) is 7.83. The maximum atomic E-state index is 12.7. The smallest absolute Gasteiger partial charge is 0.246 e. The lowest BCUT2D eigenvalue weighted by atomic mass is 10.0. The monoisotopic (exact) mass is 387 g/mol. The Morgan fingerprint density at radius 2 is 1.85 bits per heavy atom. The first-order valence-corrected chi connectivity index (χ1v) is 9.86. The average molecular weight is 387 g/mol. The van der Waals surface area contributed by atoms with Crippen molar-refractivity contribution in [2.75, 3.05) is 7.11 Å². The Bertz CT molecular complexity index is 1020. The Morgan fingerprint density at radius 1 is 1.15 bits per heavy atom. The Morgan fingerprint density at radius 3 is 2.44 bits per heavy atom. The van der Waals surface area contributed by atoms with Crippen LogP contribution < -0.4 is 9.46 Å². The van der Waals surface area contributed by atoms with E-state index < -0.39 is 16.1 Å². The van der Waals surface area contributed by atoms with E-state index in [9.17, 15) is 8.42 Å². The highest BCUT2D eigenvalue weighted by atomic mass is 32.2. The average Bonchev–Trinajstić information content (AvgIpc) is 3.00. The third kappa shape index (κ3) is 3.86. The van der Waals surface area contributed by atoms with E-state index >= 15 is 0 Å². The van der Waals surface area contributed by atoms with Crippen LogP contribution >= 0.6 is 0 Å². The summed E-state index contributed by atoms with van der Waals surface area (Å²) in [6.07, 6.45) is 1.67. The minimum Gasteiger partial charge on any atom is -0.481 e. The van der Waals surface area contributed by atoms with Crippen LogP contribution in [-0.4, -0.2) is 25.7 Å². The van der Waals surface area contributed by atoms with Gasteiger partial charge in [0.25, 0.3) is 0 Å². The van der Waals surface area contributed by atoms with Gasteiger partial charge in [-0.25, -0.2) is 18.1 Å². The van der Waals surface area contributed by atoms with E-state index in [1.165, 1.54) is 0 Å². The van der Waals surface area contributed by atoms with Gasteiger partial charge in [0, 0.05) is 17.8 Å². The molecule has 0 amide bonds. The van der Waals surface area contributed by atoms with Crippen molar-refractivity contribution in [3.63, 3.8) is 0 Å². The number of aryl methyl sites for hydroxylation is 2. The Labute approximate surface area is 158 Å². The molecule has 2 aromatic heterocycles. The Balaban J connectivity index is 1.83. The van der Waals surface area contributed by atoms with E-state index in [1.807, 2.05) is 36.4 Å². The van der Waals surface area contributed by atoms with Gasteiger partial charge in [0.1, 0.15) is 10.6 Å². The normalized spacial score (nSPS) is 12.7. The second-order valence-electron chi connectivity index (χ2n) is 6.18. The lowest BCUT2D eigenvalue weighted by molar-refractivity contribution is 0.390. The fourth-order valence-corrected chi connectivity index (χ4v) is 4.50. The van der Waals surface area contributed by atoms with Crippen molar-refractivity contribution < 1.29 is 17.7 Å². The van der Waals surface area contributed by atoms with E-state index in [4.69, 9.17) is 9.26 Å². The number of ether oxygens (including phenoxy) is 1. The zero-order valence-corrected chi connectivity index (χ0v) is 16.4. The summed E-state index contributed by atoms with van der Waals surface area (Å²) in [6, 6.07) is 10.9. The molecule has 1 N–H and O–H groups in total. The van der Waals surface area contributed by atoms with Crippen LogP contribution in [0.25, 0.3) is 11.1 Å². The zero-order valence-electron chi connectivity index (χ0n) is 15.6. The van der Waals surface area contributed by atoms with Crippen molar-refractivity contribution in [2.24, 2.45) is 0 Å². The van der Waals surface area contributed by atoms with Gasteiger partial charge in [-0.3, -0.25) is 0 Å². The summed E-state index contributed by atoms with van der Waals surface area (Å²) in [4.78, 5) is 4.28. The molecule has 0 aliphatic heterocycles. The van der Waals surface area contributed by atoms with Crippen LogP contribution in [0.15, 0.2) is 52.0 Å². The van der Waals surface area contributed by atoms with Gasteiger partial charge in [-0.15, -0.1) is 0 Å². The first-order valence-electron chi connectivity index (χ1n) is 8.38. The van der Waals surface area contributed by atoms with Gasteiger partial charge in [0.2, 0.25) is 15.9 Å². The molecule has 0 aliphatic carbocycles. The molecule has 1 aromatic carbocycles. The number of methoxy groups -OCH3 is 1. The number of hydrogen-bond donors (Lipinski definition) is 1. The van der Waals surface area contributed by atoms with Crippen LogP contribution in [0.1, 0.15) is 30.0 Å². The van der Waals surface area contributed by atoms with E-state index in [0.29, 0.717) is 11.6 Å². The SMILES string of the molecule is COc1ncccc1-c1ccc([C@@H](C)NS(=O)(=O)c2c(C)noc2C)cc1. The lowest BCUT2D eigenvalue weighted by Gasteiger charge is -2.15. The summed E-state index contributed by atoms with van der Waals surface area (Å²) >= 11 is 0. The second kappa shape index (κ2) is 7.50. The van der Waals surface area contributed by atoms with Crippen LogP contribution in [0.3, 0.4) is 0 Å². The van der Waals surface area contributed by atoms with E-state index in [1.54, 1.807) is 34.1 Å². The summed E-state index contributed by atoms with van der Waals surface area (Å²) in [6.45, 7) is 4.97. The van der Waals surface area contributed by atoms with Gasteiger partial charge in [-0.2, -0.15) is 0 Å². The lowest BCUT2D eigenvalue weighted by Crippen LogP contribution is -2.27. The molecule has 0 saturated heterocycles. The van der Waals surface area contributed by atoms with E-state index in [0.717, 1.165) is 16.7 Å². The minimum absolute atomic E-state index is 0.0890. The van der Waals surface area contributed by atoms with Crippen LogP contribution in [0.2, 0.25) is 0 Å². The third-order valence-corrected chi connectivity index (χ3v) is 6.04. The molecule has 142 valence electrons. The molecule has 0 bridgehead atoms. The number of benzene rings is 1. The molecule has 7 nitrogen and oxygen atoms in total. The van der Waals surface area contributed by atoms with Gasteiger partial charge in [-0.1, -0.05) is 29.4 Å². The number of pyridine rings is 1. The van der Waals surface area contributed by atoms with Crippen molar-refractivity contribution in [3.8, 4) is 17.0 Å². The predicted molar refractivity (Wildman–Crippen MR) is 101 cm³/mol. The van der Waals surface area contributed by atoms with Gasteiger partial charge in [-0.05, 0) is 44.0 Å². The molecule has 0 aliphatic rings. The summed E-state index contributed by atoms with van der Waals surface area (Å²) in [5.74, 6) is 0.809. The first-order chi connectivity index (χ1) is 12.8. The number of nitrogens with zero attached hydrogens (tertiary/aromatic N) is 2. The molecule has 0 spiro atoms. The molecule has 1 atom stereocenters. The molecule has 27 heavy (non-hydrogen) atoms. The number of sulfonamides is 1. The molecule has 0 radical (unpaired) electrons. The summed E-state index contributed by atoms with van der Waals surface area (Å²) in [5, 5.41) is 3.71.